The SMILES string of the molecule is CC(=O)c1ccc([C@H](c2cccc(C)c2)N2C[C@@H](C)N(Cc3ccc(F)cc3)C[C@@H]2C)cc1.CC(=O)c1ccc([C@H](c2ccccc2)N2C[C@@H](C)N(Cc3ccc(O)cc3)C[C@@H]2C)cc1.CC(=O)c1cccc([C@H](c2cccc(C)c2)N2C[C@@H](C)N(Cc3cccc(Cl)c3)C[C@@H]2C)c1.CC(=O)c1cccc([C@H](c2cccc(C)c2)N2C[C@@H](C)N(Cc3cccc(F)c3)C[C@@H]2C)c1. The van der Waals surface area contributed by atoms with E-state index in [1.807, 2.05) is 97.1 Å². The van der Waals surface area contributed by atoms with Crippen LogP contribution < -0.4 is 0 Å². The maximum absolute atomic E-state index is 13.7. The second kappa shape index (κ2) is 45.4. The Kier molecular flexibility index (Phi) is 33.8. The van der Waals surface area contributed by atoms with Crippen LogP contribution in [0.4, 0.5) is 8.78 Å². The van der Waals surface area contributed by atoms with Crippen LogP contribution in [0.25, 0.3) is 0 Å². The predicted molar refractivity (Wildman–Crippen MR) is 530 cm³/mol. The van der Waals surface area contributed by atoms with E-state index in [9.17, 15) is 33.1 Å². The van der Waals surface area contributed by atoms with Crippen LogP contribution in [-0.2, 0) is 26.2 Å². The van der Waals surface area contributed by atoms with Gasteiger partial charge in [0, 0.05) is 154 Å². The van der Waals surface area contributed by atoms with Gasteiger partial charge in [0.2, 0.25) is 0 Å². The Balaban J connectivity index is 0.000000149. The van der Waals surface area contributed by atoms with Crippen molar-refractivity contribution < 1.29 is 33.1 Å². The molecular formula is C115H131ClF2N8O5. The average Bonchev–Trinajstić information content (AvgIpc) is 0.794. The molecular weight excluding hydrogens is 1650 g/mol. The standard InChI is InChI=1S/C29H33ClN2O.2C29H33FN2O.C28H32N2O2/c2*1-20-8-5-11-26(14-20)29(27-12-7-10-25(16-27)23(4)33)32-18-21(2)31(17-22(32)3)19-24-9-6-13-28(30)15-24;1-20-6-5-7-27(16-20)29(26-12-10-25(11-13-26)23(4)33)32-18-21(2)31(17-22(32)3)19-24-8-14-28(30)15-9-24;1-20-18-30(21(2)17-29(20)19-23-9-15-27(32)16-10-23)28(25-7-5-4-6-8-25)26-13-11-24(12-14-26)22(3)31/h3*5-16,21-22,29H,17-19H2,1-4H3;4-16,20-21,28,32H,17-19H2,1-3H3/t2*21-,22+,29+;21-,22+,29-;20-,21+,28+/m1111/s1. The van der Waals surface area contributed by atoms with E-state index in [2.05, 4.69) is 273 Å². The third-order valence-corrected chi connectivity index (χ3v) is 27.1. The number of phenolic OH excluding ortho intramolecular Hbond substituents is 1. The molecule has 0 saturated carbocycles. The third-order valence-electron chi connectivity index (χ3n) is 26.8. The Hall–Kier alpha value is -11.1. The number of benzene rings is 12. The van der Waals surface area contributed by atoms with E-state index in [0.29, 0.717) is 54.1 Å². The van der Waals surface area contributed by atoms with Crippen molar-refractivity contribution in [3.05, 3.63) is 420 Å². The van der Waals surface area contributed by atoms with Crippen molar-refractivity contribution in [2.24, 2.45) is 0 Å². The Labute approximate surface area is 782 Å². The number of carbonyl (C=O) groups excluding carboxylic acids is 4. The van der Waals surface area contributed by atoms with Gasteiger partial charge in [0.1, 0.15) is 17.4 Å². The van der Waals surface area contributed by atoms with Crippen LogP contribution in [-0.4, -0.2) is 168 Å². The van der Waals surface area contributed by atoms with Crippen LogP contribution in [0.2, 0.25) is 5.02 Å². The lowest BCUT2D eigenvalue weighted by molar-refractivity contribution is 0.0195. The van der Waals surface area contributed by atoms with Gasteiger partial charge in [0.15, 0.2) is 23.1 Å². The second-order valence-corrected chi connectivity index (χ2v) is 37.8. The molecule has 131 heavy (non-hydrogen) atoms. The van der Waals surface area contributed by atoms with Crippen molar-refractivity contribution in [3.8, 4) is 5.75 Å². The van der Waals surface area contributed by atoms with Crippen LogP contribution in [0, 0.1) is 32.4 Å². The molecule has 0 aliphatic carbocycles. The van der Waals surface area contributed by atoms with Gasteiger partial charge < -0.3 is 5.11 Å². The number of carbonyl (C=O) groups is 4. The lowest BCUT2D eigenvalue weighted by Crippen LogP contribution is -2.56. The number of phenols is 1. The maximum Gasteiger partial charge on any atom is 0.159 e. The molecule has 0 amide bonds. The summed E-state index contributed by atoms with van der Waals surface area (Å²) in [6.45, 7) is 42.0. The van der Waals surface area contributed by atoms with Gasteiger partial charge in [0.25, 0.3) is 0 Å². The number of rotatable bonds is 24. The molecule has 16 rings (SSSR count). The highest BCUT2D eigenvalue weighted by molar-refractivity contribution is 6.30. The van der Waals surface area contributed by atoms with Crippen molar-refractivity contribution in [2.75, 3.05) is 52.4 Å². The van der Waals surface area contributed by atoms with Crippen molar-refractivity contribution in [1.29, 1.82) is 0 Å². The number of hydrogen-bond acceptors (Lipinski definition) is 13. The lowest BCUT2D eigenvalue weighted by Gasteiger charge is -2.48. The summed E-state index contributed by atoms with van der Waals surface area (Å²) in [6, 6.07) is 102. The van der Waals surface area contributed by atoms with E-state index in [1.165, 1.54) is 85.0 Å². The van der Waals surface area contributed by atoms with E-state index in [4.69, 9.17) is 11.6 Å². The Morgan fingerprint density at radius 1 is 0.282 bits per heavy atom. The van der Waals surface area contributed by atoms with Gasteiger partial charge in [-0.05, 0) is 231 Å². The molecule has 4 aliphatic heterocycles. The first-order valence-electron chi connectivity index (χ1n) is 46.6. The molecule has 12 aromatic carbocycles. The Morgan fingerprint density at radius 2 is 0.573 bits per heavy atom. The molecule has 1 N–H and O–H groups in total. The molecule has 4 heterocycles. The quantitative estimate of drug-likeness (QED) is 0.0580. The molecule has 682 valence electrons. The van der Waals surface area contributed by atoms with Crippen molar-refractivity contribution in [1.82, 2.24) is 39.2 Å². The summed E-state index contributed by atoms with van der Waals surface area (Å²) in [5, 5.41) is 10.4. The fourth-order valence-electron chi connectivity index (χ4n) is 19.7. The first-order valence-corrected chi connectivity index (χ1v) is 46.9. The predicted octanol–water partition coefficient (Wildman–Crippen LogP) is 23.9. The van der Waals surface area contributed by atoms with Crippen LogP contribution in [0.5, 0.6) is 5.75 Å². The number of halogens is 3. The van der Waals surface area contributed by atoms with Crippen LogP contribution >= 0.6 is 11.6 Å². The number of aromatic hydroxyl groups is 1. The minimum Gasteiger partial charge on any atom is -0.508 e. The molecule has 0 unspecified atom stereocenters. The Bertz CT molecular complexity index is 5620. The first kappa shape index (κ1) is 97.5. The third kappa shape index (κ3) is 25.8. The topological polar surface area (TPSA) is 114 Å². The minimum atomic E-state index is -0.193. The molecule has 16 heteroatoms. The summed E-state index contributed by atoms with van der Waals surface area (Å²) >= 11 is 6.22. The van der Waals surface area contributed by atoms with E-state index in [0.717, 1.165) is 123 Å². The second-order valence-electron chi connectivity index (χ2n) is 37.3. The van der Waals surface area contributed by atoms with E-state index in [-0.39, 0.29) is 58.9 Å². The van der Waals surface area contributed by atoms with E-state index < -0.39 is 0 Å². The fourth-order valence-corrected chi connectivity index (χ4v) is 19.9. The monoisotopic (exact) mass is 1780 g/mol. The minimum absolute atomic E-state index is 0.0676. The first-order chi connectivity index (χ1) is 62.9. The zero-order valence-corrected chi connectivity index (χ0v) is 79.8. The lowest BCUT2D eigenvalue weighted by atomic mass is 9.91. The number of nitrogens with zero attached hydrogens (tertiary/aromatic N) is 8. The van der Waals surface area contributed by atoms with Gasteiger partial charge in [-0.25, -0.2) is 8.78 Å². The number of ketones is 4. The normalized spacial score (nSPS) is 20.6. The highest BCUT2D eigenvalue weighted by Gasteiger charge is 2.40. The van der Waals surface area contributed by atoms with Gasteiger partial charge in [-0.1, -0.05) is 265 Å². The maximum atomic E-state index is 13.7. The molecule has 4 aliphatic rings. The van der Waals surface area contributed by atoms with Crippen LogP contribution in [0.1, 0.15) is 232 Å². The molecule has 0 bridgehead atoms. The molecule has 13 nitrogen and oxygen atoms in total. The summed E-state index contributed by atoms with van der Waals surface area (Å²) in [5.41, 5.74) is 21.1. The largest absolute Gasteiger partial charge is 0.508 e. The van der Waals surface area contributed by atoms with Gasteiger partial charge >= 0.3 is 0 Å². The fraction of sp³-hybridized carbons (Fsp3) is 0.339. The molecule has 12 atom stereocenters. The summed E-state index contributed by atoms with van der Waals surface area (Å²) in [5.74, 6) is 0.302. The van der Waals surface area contributed by atoms with Crippen LogP contribution in [0.15, 0.2) is 297 Å². The van der Waals surface area contributed by atoms with Gasteiger partial charge in [-0.15, -0.1) is 0 Å². The number of piperazine rings is 4. The van der Waals surface area contributed by atoms with E-state index >= 15 is 0 Å². The molecule has 0 radical (unpaired) electrons. The van der Waals surface area contributed by atoms with Gasteiger partial charge in [0.05, 0.1) is 24.2 Å². The van der Waals surface area contributed by atoms with Crippen molar-refractivity contribution in [3.63, 3.8) is 0 Å². The van der Waals surface area contributed by atoms with Crippen LogP contribution in [0.3, 0.4) is 0 Å². The molecule has 4 saturated heterocycles. The molecule has 0 spiro atoms. The Morgan fingerprint density at radius 3 is 0.916 bits per heavy atom. The van der Waals surface area contributed by atoms with E-state index in [1.54, 1.807) is 52.0 Å². The van der Waals surface area contributed by atoms with Crippen molar-refractivity contribution in [2.45, 2.75) is 203 Å². The average molecular weight is 1780 g/mol. The van der Waals surface area contributed by atoms with Gasteiger partial charge in [-0.2, -0.15) is 0 Å². The summed E-state index contributed by atoms with van der Waals surface area (Å²) in [7, 11) is 0. The van der Waals surface area contributed by atoms with Gasteiger partial charge in [-0.3, -0.25) is 58.4 Å². The number of hydrogen-bond donors (Lipinski definition) is 1. The molecule has 4 fully saturated rings. The van der Waals surface area contributed by atoms with Crippen molar-refractivity contribution >= 4 is 34.7 Å². The highest BCUT2D eigenvalue weighted by atomic mass is 35.5. The zero-order chi connectivity index (χ0) is 93.3. The summed E-state index contributed by atoms with van der Waals surface area (Å²) in [4.78, 5) is 68.1. The highest BCUT2D eigenvalue weighted by Crippen LogP contribution is 2.41. The zero-order valence-electron chi connectivity index (χ0n) is 79.0. The number of Topliss-reactive ketones (excluding diaryl/α,β-unsaturated/α-hetero) is 4. The molecule has 12 aromatic rings. The molecule has 0 aromatic heterocycles. The summed E-state index contributed by atoms with van der Waals surface area (Å²) < 4.78 is 27.0. The smallest absolute Gasteiger partial charge is 0.159 e. The number of aryl methyl sites for hydroxylation is 3. The summed E-state index contributed by atoms with van der Waals surface area (Å²) in [6.07, 6.45) is 0.